The summed E-state index contributed by atoms with van der Waals surface area (Å²) in [6, 6.07) is 5.62. The fraction of sp³-hybridized carbons (Fsp3) is 0.333. The number of methoxy groups -OCH3 is 1. The second-order valence-electron chi connectivity index (χ2n) is 2.59. The Balaban J connectivity index is 2.96. The standard InChI is InChI=1S/C9H11NO2/c1-7-3-4-8(6-10-11)5-9(7)12-2/h3-5H,6H2,1-2H3. The van der Waals surface area contributed by atoms with Crippen LogP contribution in [0.1, 0.15) is 11.1 Å². The monoisotopic (exact) mass is 165 g/mol. The molecule has 0 atom stereocenters. The lowest BCUT2D eigenvalue weighted by molar-refractivity contribution is 0.411. The van der Waals surface area contributed by atoms with Gasteiger partial charge in [0.05, 0.1) is 7.11 Å². The van der Waals surface area contributed by atoms with Gasteiger partial charge in [-0.3, -0.25) is 0 Å². The minimum atomic E-state index is 0.205. The average molecular weight is 165 g/mol. The summed E-state index contributed by atoms with van der Waals surface area (Å²) in [5, 5.41) is 2.81. The summed E-state index contributed by atoms with van der Waals surface area (Å²) in [7, 11) is 1.61. The van der Waals surface area contributed by atoms with Crippen LogP contribution in [0.3, 0.4) is 0 Å². The van der Waals surface area contributed by atoms with Crippen molar-refractivity contribution in [3.8, 4) is 5.75 Å². The van der Waals surface area contributed by atoms with Crippen LogP contribution in [0.25, 0.3) is 0 Å². The Kier molecular flexibility index (Phi) is 2.80. The van der Waals surface area contributed by atoms with E-state index in [0.717, 1.165) is 16.9 Å². The van der Waals surface area contributed by atoms with Crippen molar-refractivity contribution in [3.63, 3.8) is 0 Å². The summed E-state index contributed by atoms with van der Waals surface area (Å²) in [4.78, 5) is 9.97. The molecule has 0 amide bonds. The molecule has 0 N–H and O–H groups in total. The highest BCUT2D eigenvalue weighted by Crippen LogP contribution is 2.19. The first-order valence-electron chi connectivity index (χ1n) is 3.70. The maximum atomic E-state index is 9.97. The van der Waals surface area contributed by atoms with Crippen molar-refractivity contribution in [2.24, 2.45) is 5.18 Å². The van der Waals surface area contributed by atoms with Gasteiger partial charge in [0.1, 0.15) is 12.3 Å². The molecule has 1 aromatic carbocycles. The molecule has 0 aliphatic carbocycles. The Morgan fingerprint density at radius 1 is 1.50 bits per heavy atom. The molecule has 12 heavy (non-hydrogen) atoms. The molecule has 1 aromatic rings. The van der Waals surface area contributed by atoms with Gasteiger partial charge >= 0.3 is 0 Å². The van der Waals surface area contributed by atoms with Gasteiger partial charge in [0.25, 0.3) is 0 Å². The second-order valence-corrected chi connectivity index (χ2v) is 2.59. The smallest absolute Gasteiger partial charge is 0.122 e. The van der Waals surface area contributed by atoms with E-state index in [2.05, 4.69) is 5.18 Å². The van der Waals surface area contributed by atoms with Gasteiger partial charge in [0, 0.05) is 0 Å². The lowest BCUT2D eigenvalue weighted by Gasteiger charge is -2.04. The zero-order chi connectivity index (χ0) is 8.97. The molecule has 0 aliphatic rings. The third kappa shape index (κ3) is 1.81. The molecule has 0 fully saturated rings. The molecule has 0 aliphatic heterocycles. The van der Waals surface area contributed by atoms with Crippen molar-refractivity contribution in [2.75, 3.05) is 7.11 Å². The molecule has 0 bridgehead atoms. The third-order valence-corrected chi connectivity index (χ3v) is 1.72. The van der Waals surface area contributed by atoms with Crippen molar-refractivity contribution in [1.29, 1.82) is 0 Å². The molecule has 0 unspecified atom stereocenters. The number of rotatable bonds is 3. The molecule has 0 saturated carbocycles. The van der Waals surface area contributed by atoms with E-state index in [1.165, 1.54) is 0 Å². The van der Waals surface area contributed by atoms with E-state index in [9.17, 15) is 4.91 Å². The average Bonchev–Trinajstić information content (AvgIpc) is 2.09. The first-order chi connectivity index (χ1) is 5.77. The lowest BCUT2D eigenvalue weighted by atomic mass is 10.1. The Labute approximate surface area is 71.3 Å². The van der Waals surface area contributed by atoms with Gasteiger partial charge in [-0.2, -0.15) is 4.91 Å². The molecule has 0 radical (unpaired) electrons. The van der Waals surface area contributed by atoms with Gasteiger partial charge in [0.2, 0.25) is 0 Å². The molecular formula is C9H11NO2. The van der Waals surface area contributed by atoms with E-state index in [1.54, 1.807) is 7.11 Å². The van der Waals surface area contributed by atoms with Crippen LogP contribution in [0.15, 0.2) is 23.4 Å². The highest BCUT2D eigenvalue weighted by Gasteiger charge is 1.99. The highest BCUT2D eigenvalue weighted by atomic mass is 16.5. The van der Waals surface area contributed by atoms with Crippen LogP contribution in [-0.4, -0.2) is 7.11 Å². The SMILES string of the molecule is COc1cc(CN=O)ccc1C. The normalized spacial score (nSPS) is 9.50. The van der Waals surface area contributed by atoms with E-state index in [4.69, 9.17) is 4.74 Å². The summed E-state index contributed by atoms with van der Waals surface area (Å²) in [6.45, 7) is 2.16. The van der Waals surface area contributed by atoms with E-state index in [1.807, 2.05) is 25.1 Å². The number of ether oxygens (including phenoxy) is 1. The Hall–Kier alpha value is -1.38. The van der Waals surface area contributed by atoms with Crippen LogP contribution in [-0.2, 0) is 6.54 Å². The van der Waals surface area contributed by atoms with Crippen LogP contribution in [0.2, 0.25) is 0 Å². The van der Waals surface area contributed by atoms with Crippen molar-refractivity contribution in [3.05, 3.63) is 34.2 Å². The highest BCUT2D eigenvalue weighted by molar-refractivity contribution is 5.36. The Morgan fingerprint density at radius 3 is 2.83 bits per heavy atom. The quantitative estimate of drug-likeness (QED) is 0.644. The zero-order valence-electron chi connectivity index (χ0n) is 7.20. The first-order valence-corrected chi connectivity index (χ1v) is 3.70. The Morgan fingerprint density at radius 2 is 2.25 bits per heavy atom. The van der Waals surface area contributed by atoms with Gasteiger partial charge in [-0.15, -0.1) is 0 Å². The van der Waals surface area contributed by atoms with Crippen molar-refractivity contribution in [1.82, 2.24) is 0 Å². The molecule has 3 heteroatoms. The van der Waals surface area contributed by atoms with Gasteiger partial charge < -0.3 is 4.74 Å². The summed E-state index contributed by atoms with van der Waals surface area (Å²) < 4.78 is 5.09. The van der Waals surface area contributed by atoms with Crippen LogP contribution in [0.5, 0.6) is 5.75 Å². The summed E-state index contributed by atoms with van der Waals surface area (Å²) >= 11 is 0. The number of nitroso groups, excluding NO2 is 1. The number of aryl methyl sites for hydroxylation is 1. The van der Waals surface area contributed by atoms with Gasteiger partial charge in [0.15, 0.2) is 0 Å². The molecule has 1 rings (SSSR count). The van der Waals surface area contributed by atoms with Gasteiger partial charge in [-0.1, -0.05) is 17.3 Å². The largest absolute Gasteiger partial charge is 0.496 e. The van der Waals surface area contributed by atoms with Gasteiger partial charge in [-0.05, 0) is 24.1 Å². The molecular weight excluding hydrogens is 154 g/mol. The summed E-state index contributed by atoms with van der Waals surface area (Å²) in [5.41, 5.74) is 1.94. The lowest BCUT2D eigenvalue weighted by Crippen LogP contribution is -1.89. The minimum Gasteiger partial charge on any atom is -0.496 e. The van der Waals surface area contributed by atoms with Crippen molar-refractivity contribution in [2.45, 2.75) is 13.5 Å². The first kappa shape index (κ1) is 8.71. The predicted molar refractivity (Wildman–Crippen MR) is 47.2 cm³/mol. The Bertz CT molecular complexity index is 284. The number of hydrogen-bond acceptors (Lipinski definition) is 3. The van der Waals surface area contributed by atoms with E-state index in [-0.39, 0.29) is 6.54 Å². The van der Waals surface area contributed by atoms with Gasteiger partial charge in [-0.25, -0.2) is 0 Å². The van der Waals surface area contributed by atoms with Crippen LogP contribution in [0, 0.1) is 11.8 Å². The molecule has 3 nitrogen and oxygen atoms in total. The second kappa shape index (κ2) is 3.85. The minimum absolute atomic E-state index is 0.205. The van der Waals surface area contributed by atoms with Crippen LogP contribution in [0.4, 0.5) is 0 Å². The number of benzene rings is 1. The van der Waals surface area contributed by atoms with Crippen LogP contribution < -0.4 is 4.74 Å². The topological polar surface area (TPSA) is 38.7 Å². The molecule has 0 saturated heterocycles. The number of nitrogens with zero attached hydrogens (tertiary/aromatic N) is 1. The predicted octanol–water partition coefficient (Wildman–Crippen LogP) is 2.27. The van der Waals surface area contributed by atoms with Crippen LogP contribution >= 0.6 is 0 Å². The molecule has 0 heterocycles. The van der Waals surface area contributed by atoms with E-state index < -0.39 is 0 Å². The van der Waals surface area contributed by atoms with E-state index >= 15 is 0 Å². The zero-order valence-corrected chi connectivity index (χ0v) is 7.20. The fourth-order valence-electron chi connectivity index (χ4n) is 1.04. The fourth-order valence-corrected chi connectivity index (χ4v) is 1.04. The molecule has 0 aromatic heterocycles. The molecule has 0 spiro atoms. The van der Waals surface area contributed by atoms with Crippen molar-refractivity contribution >= 4 is 0 Å². The maximum Gasteiger partial charge on any atom is 0.122 e. The summed E-state index contributed by atoms with van der Waals surface area (Å²) in [6.07, 6.45) is 0. The van der Waals surface area contributed by atoms with Crippen molar-refractivity contribution < 1.29 is 4.74 Å². The number of hydrogen-bond donors (Lipinski definition) is 0. The maximum absolute atomic E-state index is 9.97. The third-order valence-electron chi connectivity index (χ3n) is 1.72. The van der Waals surface area contributed by atoms with E-state index in [0.29, 0.717) is 0 Å². The molecule has 64 valence electrons. The summed E-state index contributed by atoms with van der Waals surface area (Å²) in [5.74, 6) is 0.802.